The molecule has 14 heavy (non-hydrogen) atoms. The first-order chi connectivity index (χ1) is 6.29. The van der Waals surface area contributed by atoms with Crippen LogP contribution in [0.2, 0.25) is 0 Å². The number of amides is 1. The maximum Gasteiger partial charge on any atom is 0.407 e. The number of nitrogens with one attached hydrogen (secondary N) is 1. The molecule has 0 heterocycles. The minimum absolute atomic E-state index is 0.0441. The van der Waals surface area contributed by atoms with Crippen molar-refractivity contribution in [2.24, 2.45) is 5.92 Å². The molecule has 4 heteroatoms. The minimum Gasteiger partial charge on any atom is -0.444 e. The van der Waals surface area contributed by atoms with Gasteiger partial charge in [0.05, 0.1) is 0 Å². The largest absolute Gasteiger partial charge is 0.444 e. The van der Waals surface area contributed by atoms with E-state index in [-0.39, 0.29) is 17.7 Å². The molecule has 2 atom stereocenters. The molecule has 1 N–H and O–H groups in total. The van der Waals surface area contributed by atoms with E-state index < -0.39 is 11.7 Å². The van der Waals surface area contributed by atoms with E-state index in [1.54, 1.807) is 0 Å². The van der Waals surface area contributed by atoms with E-state index in [9.17, 15) is 9.59 Å². The summed E-state index contributed by atoms with van der Waals surface area (Å²) in [5, 5.41) is 2.67. The monoisotopic (exact) mass is 199 g/mol. The van der Waals surface area contributed by atoms with E-state index in [0.717, 1.165) is 0 Å². The Labute approximate surface area is 84.0 Å². The van der Waals surface area contributed by atoms with E-state index >= 15 is 0 Å². The number of carbonyl (C=O) groups is 2. The van der Waals surface area contributed by atoms with Gasteiger partial charge in [0.15, 0.2) is 0 Å². The summed E-state index contributed by atoms with van der Waals surface area (Å²) in [4.78, 5) is 22.2. The summed E-state index contributed by atoms with van der Waals surface area (Å²) in [6.07, 6.45) is -0.0118. The standard InChI is InChI=1S/C10H17NO3/c1-6-7(5-8(6)12)11-9(13)14-10(2,3)4/h6-7H,5H2,1-4H3,(H,11,13). The number of hydrogen-bond donors (Lipinski definition) is 1. The van der Waals surface area contributed by atoms with Crippen molar-refractivity contribution in [3.8, 4) is 0 Å². The predicted molar refractivity (Wildman–Crippen MR) is 51.9 cm³/mol. The van der Waals surface area contributed by atoms with E-state index in [0.29, 0.717) is 6.42 Å². The van der Waals surface area contributed by atoms with Crippen molar-refractivity contribution >= 4 is 11.9 Å². The summed E-state index contributed by atoms with van der Waals surface area (Å²) < 4.78 is 5.07. The molecule has 1 aliphatic carbocycles. The van der Waals surface area contributed by atoms with Crippen molar-refractivity contribution in [2.75, 3.05) is 0 Å². The predicted octanol–water partition coefficient (Wildman–Crippen LogP) is 1.49. The highest BCUT2D eigenvalue weighted by atomic mass is 16.6. The fourth-order valence-electron chi connectivity index (χ4n) is 1.28. The second-order valence-corrected chi connectivity index (χ2v) is 4.71. The number of alkyl carbamates (subject to hydrolysis) is 1. The molecule has 0 aromatic rings. The summed E-state index contributed by atoms with van der Waals surface area (Å²) in [7, 11) is 0. The second kappa shape index (κ2) is 3.59. The molecule has 0 aromatic carbocycles. The average Bonchev–Trinajstić information content (AvgIpc) is 2.00. The Morgan fingerprint density at radius 3 is 2.43 bits per heavy atom. The molecular formula is C10H17NO3. The number of ketones is 1. The molecule has 0 aromatic heterocycles. The van der Waals surface area contributed by atoms with Crippen LogP contribution in [0, 0.1) is 5.92 Å². The zero-order chi connectivity index (χ0) is 10.9. The highest BCUT2D eigenvalue weighted by Gasteiger charge is 2.37. The molecule has 1 saturated carbocycles. The van der Waals surface area contributed by atoms with Crippen LogP contribution in [0.5, 0.6) is 0 Å². The van der Waals surface area contributed by atoms with Gasteiger partial charge in [-0.1, -0.05) is 6.92 Å². The lowest BCUT2D eigenvalue weighted by atomic mass is 9.80. The van der Waals surface area contributed by atoms with Gasteiger partial charge in [0.1, 0.15) is 11.4 Å². The maximum absolute atomic E-state index is 11.3. The number of ether oxygens (including phenoxy) is 1. The van der Waals surface area contributed by atoms with Crippen LogP contribution in [0.1, 0.15) is 34.1 Å². The lowest BCUT2D eigenvalue weighted by molar-refractivity contribution is -0.130. The molecule has 1 amide bonds. The Morgan fingerprint density at radius 1 is 1.50 bits per heavy atom. The van der Waals surface area contributed by atoms with Crippen LogP contribution in [0.15, 0.2) is 0 Å². The molecule has 1 rings (SSSR count). The highest BCUT2D eigenvalue weighted by Crippen LogP contribution is 2.22. The van der Waals surface area contributed by atoms with Crippen LogP contribution in [0.3, 0.4) is 0 Å². The topological polar surface area (TPSA) is 55.4 Å². The first-order valence-electron chi connectivity index (χ1n) is 4.82. The highest BCUT2D eigenvalue weighted by molar-refractivity contribution is 5.89. The van der Waals surface area contributed by atoms with Gasteiger partial charge >= 0.3 is 6.09 Å². The number of carbonyl (C=O) groups excluding carboxylic acids is 2. The molecule has 4 nitrogen and oxygen atoms in total. The van der Waals surface area contributed by atoms with E-state index in [1.807, 2.05) is 27.7 Å². The Morgan fingerprint density at radius 2 is 2.07 bits per heavy atom. The summed E-state index contributed by atoms with van der Waals surface area (Å²) >= 11 is 0. The van der Waals surface area contributed by atoms with Crippen molar-refractivity contribution in [3.05, 3.63) is 0 Å². The van der Waals surface area contributed by atoms with Gasteiger partial charge in [0, 0.05) is 18.4 Å². The van der Waals surface area contributed by atoms with E-state index in [4.69, 9.17) is 4.74 Å². The molecule has 0 saturated heterocycles. The van der Waals surface area contributed by atoms with Crippen molar-refractivity contribution in [1.82, 2.24) is 5.32 Å². The van der Waals surface area contributed by atoms with Crippen LogP contribution in [0.25, 0.3) is 0 Å². The van der Waals surface area contributed by atoms with Crippen molar-refractivity contribution in [1.29, 1.82) is 0 Å². The molecule has 1 aliphatic rings. The Kier molecular flexibility index (Phi) is 2.83. The van der Waals surface area contributed by atoms with Crippen LogP contribution < -0.4 is 5.32 Å². The summed E-state index contributed by atoms with van der Waals surface area (Å²) in [6, 6.07) is -0.0441. The molecular weight excluding hydrogens is 182 g/mol. The van der Waals surface area contributed by atoms with Gasteiger partial charge in [-0.05, 0) is 20.8 Å². The summed E-state index contributed by atoms with van der Waals surface area (Å²) in [6.45, 7) is 7.24. The van der Waals surface area contributed by atoms with Crippen LogP contribution in [-0.4, -0.2) is 23.5 Å². The van der Waals surface area contributed by atoms with Crippen molar-refractivity contribution in [3.63, 3.8) is 0 Å². The molecule has 80 valence electrons. The van der Waals surface area contributed by atoms with Crippen molar-refractivity contribution < 1.29 is 14.3 Å². The van der Waals surface area contributed by atoms with E-state index in [2.05, 4.69) is 5.32 Å². The first-order valence-corrected chi connectivity index (χ1v) is 4.82. The Balaban J connectivity index is 2.32. The van der Waals surface area contributed by atoms with Crippen molar-refractivity contribution in [2.45, 2.75) is 45.8 Å². The third kappa shape index (κ3) is 2.72. The number of Topliss-reactive ketones (excluding diaryl/α,β-unsaturated/α-hetero) is 1. The van der Waals surface area contributed by atoms with Gasteiger partial charge < -0.3 is 10.1 Å². The maximum atomic E-state index is 11.3. The molecule has 2 unspecified atom stereocenters. The zero-order valence-electron chi connectivity index (χ0n) is 9.09. The zero-order valence-corrected chi connectivity index (χ0v) is 9.09. The van der Waals surface area contributed by atoms with Gasteiger partial charge in [0.25, 0.3) is 0 Å². The van der Waals surface area contributed by atoms with Gasteiger partial charge in [-0.25, -0.2) is 4.79 Å². The first kappa shape index (κ1) is 11.0. The minimum atomic E-state index is -0.485. The van der Waals surface area contributed by atoms with Gasteiger partial charge in [-0.3, -0.25) is 4.79 Å². The molecule has 0 bridgehead atoms. The van der Waals surface area contributed by atoms with Crippen LogP contribution in [-0.2, 0) is 9.53 Å². The SMILES string of the molecule is CC1C(=O)CC1NC(=O)OC(C)(C)C. The van der Waals surface area contributed by atoms with Gasteiger partial charge in [-0.15, -0.1) is 0 Å². The smallest absolute Gasteiger partial charge is 0.407 e. The van der Waals surface area contributed by atoms with E-state index in [1.165, 1.54) is 0 Å². The second-order valence-electron chi connectivity index (χ2n) is 4.71. The number of rotatable bonds is 1. The third-order valence-corrected chi connectivity index (χ3v) is 2.23. The molecule has 0 aliphatic heterocycles. The van der Waals surface area contributed by atoms with Crippen LogP contribution in [0.4, 0.5) is 4.79 Å². The quantitative estimate of drug-likeness (QED) is 0.696. The van der Waals surface area contributed by atoms with Crippen LogP contribution >= 0.6 is 0 Å². The molecule has 0 radical (unpaired) electrons. The molecule has 0 spiro atoms. The summed E-state index contributed by atoms with van der Waals surface area (Å²) in [5.41, 5.74) is -0.485. The molecule has 1 fully saturated rings. The normalized spacial score (nSPS) is 26.7. The fraction of sp³-hybridized carbons (Fsp3) is 0.800. The summed E-state index contributed by atoms with van der Waals surface area (Å²) in [5.74, 6) is 0.133. The third-order valence-electron chi connectivity index (χ3n) is 2.23. The van der Waals surface area contributed by atoms with Gasteiger partial charge in [0.2, 0.25) is 0 Å². The number of hydrogen-bond acceptors (Lipinski definition) is 3. The average molecular weight is 199 g/mol. The fourth-order valence-corrected chi connectivity index (χ4v) is 1.28. The lowest BCUT2D eigenvalue weighted by Crippen LogP contribution is -2.52. The van der Waals surface area contributed by atoms with Gasteiger partial charge in [-0.2, -0.15) is 0 Å². The lowest BCUT2D eigenvalue weighted by Gasteiger charge is -2.33. The Bertz CT molecular complexity index is 255. The Hall–Kier alpha value is -1.06.